The minimum atomic E-state index is -1.68. The fourth-order valence-electron chi connectivity index (χ4n) is 4.72. The van der Waals surface area contributed by atoms with E-state index in [4.69, 9.17) is 0 Å². The van der Waals surface area contributed by atoms with Crippen molar-refractivity contribution < 1.29 is 14.7 Å². The molecule has 1 saturated carbocycles. The van der Waals surface area contributed by atoms with Crippen LogP contribution in [0.5, 0.6) is 0 Å². The normalized spacial score (nSPS) is 30.0. The lowest BCUT2D eigenvalue weighted by atomic mass is 9.55. The molecule has 2 aliphatic rings. The Balaban J connectivity index is 2.30. The maximum atomic E-state index is 13.4. The Kier molecular flexibility index (Phi) is 4.13. The minimum absolute atomic E-state index is 0.194. The third-order valence-electron chi connectivity index (χ3n) is 5.72. The third-order valence-corrected chi connectivity index (χ3v) is 5.72. The Morgan fingerprint density at radius 2 is 1.85 bits per heavy atom. The molecule has 1 aliphatic heterocycles. The number of hydrogen-bond acceptors (Lipinski definition) is 5. The van der Waals surface area contributed by atoms with Gasteiger partial charge in [0, 0.05) is 19.2 Å². The number of carbonyl (C=O) groups excluding carboxylic acids is 2. The van der Waals surface area contributed by atoms with Crippen molar-refractivity contribution in [2.75, 3.05) is 11.9 Å². The SMILES string of the molecule is CN1C(=O)[C@@](C(C#N)C#N)(C2C(=O)CC(C)(C)CC2O)c2ccccc21. The quantitative estimate of drug-likeness (QED) is 0.876. The standard InChI is InChI=1S/C20H21N3O3/c1-19(2)8-15(24)17(16(25)9-19)20(12(10-21)11-22)13-6-4-5-7-14(13)23(3)18(20)26/h4-7,12,15,17,24H,8-9H2,1-3H3/t15?,17?,20-/m1/s1. The van der Waals surface area contributed by atoms with E-state index < -0.39 is 34.7 Å². The first-order valence-corrected chi connectivity index (χ1v) is 8.58. The van der Waals surface area contributed by atoms with Crippen molar-refractivity contribution in [2.24, 2.45) is 17.3 Å². The first-order chi connectivity index (χ1) is 12.2. The molecule has 0 saturated heterocycles. The van der Waals surface area contributed by atoms with Gasteiger partial charge in [-0.1, -0.05) is 32.0 Å². The monoisotopic (exact) mass is 351 g/mol. The van der Waals surface area contributed by atoms with E-state index in [1.165, 1.54) is 4.90 Å². The summed E-state index contributed by atoms with van der Waals surface area (Å²) >= 11 is 0. The minimum Gasteiger partial charge on any atom is -0.392 e. The number of para-hydroxylation sites is 1. The van der Waals surface area contributed by atoms with Gasteiger partial charge >= 0.3 is 0 Å². The summed E-state index contributed by atoms with van der Waals surface area (Å²) in [6.45, 7) is 3.78. The largest absolute Gasteiger partial charge is 0.392 e. The first kappa shape index (κ1) is 18.1. The van der Waals surface area contributed by atoms with Crippen LogP contribution in [0.25, 0.3) is 0 Å². The Labute approximate surface area is 152 Å². The molecule has 3 atom stereocenters. The van der Waals surface area contributed by atoms with Crippen molar-refractivity contribution in [3.8, 4) is 12.1 Å². The van der Waals surface area contributed by atoms with Gasteiger partial charge in [-0.25, -0.2) is 0 Å². The van der Waals surface area contributed by atoms with Gasteiger partial charge < -0.3 is 10.0 Å². The summed E-state index contributed by atoms with van der Waals surface area (Å²) in [6, 6.07) is 10.7. The first-order valence-electron chi connectivity index (χ1n) is 8.58. The summed E-state index contributed by atoms with van der Waals surface area (Å²) in [5, 5.41) is 30.2. The third kappa shape index (κ3) is 2.26. The van der Waals surface area contributed by atoms with Gasteiger partial charge in [0.05, 0.1) is 24.2 Å². The molecule has 1 N–H and O–H groups in total. The van der Waals surface area contributed by atoms with E-state index in [0.717, 1.165) is 0 Å². The summed E-state index contributed by atoms with van der Waals surface area (Å²) in [7, 11) is 1.57. The van der Waals surface area contributed by atoms with Crippen LogP contribution in [-0.2, 0) is 15.0 Å². The molecule has 1 aromatic carbocycles. The highest BCUT2D eigenvalue weighted by molar-refractivity contribution is 6.11. The van der Waals surface area contributed by atoms with Gasteiger partial charge in [0.2, 0.25) is 5.91 Å². The van der Waals surface area contributed by atoms with Crippen molar-refractivity contribution in [2.45, 2.75) is 38.2 Å². The van der Waals surface area contributed by atoms with E-state index in [1.807, 2.05) is 26.0 Å². The summed E-state index contributed by atoms with van der Waals surface area (Å²) < 4.78 is 0. The number of rotatable bonds is 2. The molecular formula is C20H21N3O3. The average molecular weight is 351 g/mol. The van der Waals surface area contributed by atoms with E-state index in [-0.39, 0.29) is 12.2 Å². The van der Waals surface area contributed by atoms with E-state index >= 15 is 0 Å². The molecule has 134 valence electrons. The number of fused-ring (bicyclic) bond motifs is 1. The summed E-state index contributed by atoms with van der Waals surface area (Å²) in [4.78, 5) is 27.8. The number of nitrogens with zero attached hydrogens (tertiary/aromatic N) is 3. The maximum Gasteiger partial charge on any atom is 0.240 e. The van der Waals surface area contributed by atoms with Crippen LogP contribution < -0.4 is 4.90 Å². The van der Waals surface area contributed by atoms with Crippen LogP contribution >= 0.6 is 0 Å². The van der Waals surface area contributed by atoms with Crippen molar-refractivity contribution >= 4 is 17.4 Å². The van der Waals surface area contributed by atoms with Crippen LogP contribution in [-0.4, -0.2) is 29.9 Å². The molecule has 1 heterocycles. The maximum absolute atomic E-state index is 13.4. The van der Waals surface area contributed by atoms with Crippen LogP contribution in [0.4, 0.5) is 5.69 Å². The second-order valence-corrected chi connectivity index (χ2v) is 8.00. The zero-order chi connectivity index (χ0) is 19.3. The lowest BCUT2D eigenvalue weighted by molar-refractivity contribution is -0.146. The predicted octanol–water partition coefficient (Wildman–Crippen LogP) is 1.93. The topological polar surface area (TPSA) is 105 Å². The van der Waals surface area contributed by atoms with Gasteiger partial charge in [0.1, 0.15) is 11.2 Å². The molecule has 1 aliphatic carbocycles. The molecule has 0 aromatic heterocycles. The van der Waals surface area contributed by atoms with Crippen molar-refractivity contribution in [1.82, 2.24) is 0 Å². The fraction of sp³-hybridized carbons (Fsp3) is 0.500. The van der Waals surface area contributed by atoms with Crippen LogP contribution in [0.3, 0.4) is 0 Å². The van der Waals surface area contributed by atoms with Gasteiger partial charge in [-0.3, -0.25) is 9.59 Å². The molecule has 1 fully saturated rings. The molecule has 26 heavy (non-hydrogen) atoms. The lowest BCUT2D eigenvalue weighted by Crippen LogP contribution is -2.58. The molecule has 6 nitrogen and oxygen atoms in total. The molecule has 3 rings (SSSR count). The highest BCUT2D eigenvalue weighted by atomic mass is 16.3. The number of amides is 1. The number of hydrogen-bond donors (Lipinski definition) is 1. The molecular weight excluding hydrogens is 330 g/mol. The predicted molar refractivity (Wildman–Crippen MR) is 93.8 cm³/mol. The van der Waals surface area contributed by atoms with Crippen LogP contribution in [0.1, 0.15) is 32.3 Å². The van der Waals surface area contributed by atoms with Gasteiger partial charge in [-0.15, -0.1) is 0 Å². The van der Waals surface area contributed by atoms with Crippen LogP contribution in [0.15, 0.2) is 24.3 Å². The van der Waals surface area contributed by atoms with Crippen LogP contribution in [0, 0.1) is 39.9 Å². The van der Waals surface area contributed by atoms with Gasteiger partial charge in [-0.05, 0) is 23.5 Å². The number of likely N-dealkylation sites (N-methyl/N-ethyl adjacent to an activating group) is 1. The number of carbonyl (C=O) groups is 2. The van der Waals surface area contributed by atoms with E-state index in [9.17, 15) is 25.2 Å². The number of Topliss-reactive ketones (excluding diaryl/α,β-unsaturated/α-hetero) is 1. The number of aliphatic hydroxyl groups is 1. The average Bonchev–Trinajstić information content (AvgIpc) is 2.78. The van der Waals surface area contributed by atoms with E-state index in [0.29, 0.717) is 17.7 Å². The molecule has 0 bridgehead atoms. The van der Waals surface area contributed by atoms with Gasteiger partial charge in [0.25, 0.3) is 0 Å². The summed E-state index contributed by atoms with van der Waals surface area (Å²) in [5.41, 5.74) is -1.03. The molecule has 1 amide bonds. The zero-order valence-corrected chi connectivity index (χ0v) is 15.1. The number of ketones is 1. The number of aliphatic hydroxyl groups excluding tert-OH is 1. The highest BCUT2D eigenvalue weighted by Crippen LogP contribution is 2.54. The Hall–Kier alpha value is -2.70. The molecule has 0 spiro atoms. The second kappa shape index (κ2) is 5.93. The van der Waals surface area contributed by atoms with Gasteiger partial charge in [0.15, 0.2) is 5.92 Å². The van der Waals surface area contributed by atoms with Crippen molar-refractivity contribution in [3.05, 3.63) is 29.8 Å². The van der Waals surface area contributed by atoms with Crippen molar-refractivity contribution in [1.29, 1.82) is 10.5 Å². The van der Waals surface area contributed by atoms with Gasteiger partial charge in [-0.2, -0.15) is 10.5 Å². The number of anilines is 1. The molecule has 6 heteroatoms. The Morgan fingerprint density at radius 3 is 2.42 bits per heavy atom. The summed E-state index contributed by atoms with van der Waals surface area (Å²) in [6.07, 6.45) is -0.577. The fourth-order valence-corrected chi connectivity index (χ4v) is 4.72. The Morgan fingerprint density at radius 1 is 1.23 bits per heavy atom. The highest BCUT2D eigenvalue weighted by Gasteiger charge is 2.65. The molecule has 0 radical (unpaired) electrons. The van der Waals surface area contributed by atoms with E-state index in [1.54, 1.807) is 31.3 Å². The zero-order valence-electron chi connectivity index (χ0n) is 15.1. The number of benzene rings is 1. The number of nitriles is 2. The lowest BCUT2D eigenvalue weighted by Gasteiger charge is -2.45. The molecule has 1 aromatic rings. The smallest absolute Gasteiger partial charge is 0.240 e. The Bertz CT molecular complexity index is 850. The van der Waals surface area contributed by atoms with Crippen molar-refractivity contribution in [3.63, 3.8) is 0 Å². The molecule has 2 unspecified atom stereocenters. The van der Waals surface area contributed by atoms with Crippen LogP contribution in [0.2, 0.25) is 0 Å². The second-order valence-electron chi connectivity index (χ2n) is 8.00. The van der Waals surface area contributed by atoms with E-state index in [2.05, 4.69) is 0 Å². The summed E-state index contributed by atoms with van der Waals surface area (Å²) in [5.74, 6) is -3.24.